The molecule has 0 unspecified atom stereocenters. The minimum absolute atomic E-state index is 0.0215. The van der Waals surface area contributed by atoms with Gasteiger partial charge in [-0.1, -0.05) is 32.6 Å². The highest BCUT2D eigenvalue weighted by Gasteiger charge is 2.12. The van der Waals surface area contributed by atoms with Crippen LogP contribution < -0.4 is 10.2 Å². The lowest BCUT2D eigenvalue weighted by Crippen LogP contribution is -1.93. The van der Waals surface area contributed by atoms with E-state index in [0.717, 1.165) is 12.8 Å². The molecule has 7 nitrogen and oxygen atoms in total. The Hall–Kier alpha value is -2.53. The number of unbranched alkanes of at least 4 members (excludes halogenated alkanes) is 4. The summed E-state index contributed by atoms with van der Waals surface area (Å²) >= 11 is 3.26. The van der Waals surface area contributed by atoms with Gasteiger partial charge in [-0.25, -0.2) is 10.4 Å². The third-order valence-corrected chi connectivity index (χ3v) is 4.53. The molecule has 0 fully saturated rings. The van der Waals surface area contributed by atoms with Gasteiger partial charge in [-0.15, -0.1) is 0 Å². The molecule has 1 aromatic carbocycles. The van der Waals surface area contributed by atoms with Crippen LogP contribution in [0.5, 0.6) is 11.5 Å². The molecule has 1 aromatic heterocycles. The van der Waals surface area contributed by atoms with Crippen molar-refractivity contribution in [1.29, 1.82) is 5.26 Å². The van der Waals surface area contributed by atoms with E-state index in [9.17, 15) is 10.4 Å². The third-order valence-electron chi connectivity index (χ3n) is 3.92. The fourth-order valence-electron chi connectivity index (χ4n) is 2.49. The molecule has 0 atom stereocenters. The van der Waals surface area contributed by atoms with Crippen molar-refractivity contribution in [3.8, 4) is 17.6 Å². The van der Waals surface area contributed by atoms with Crippen LogP contribution >= 0.6 is 15.9 Å². The van der Waals surface area contributed by atoms with Gasteiger partial charge in [-0.3, -0.25) is 0 Å². The predicted molar refractivity (Wildman–Crippen MR) is 107 cm³/mol. The Kier molecular flexibility index (Phi) is 8.14. The van der Waals surface area contributed by atoms with Crippen molar-refractivity contribution in [2.24, 2.45) is 5.10 Å². The first-order valence-electron chi connectivity index (χ1n) is 8.84. The van der Waals surface area contributed by atoms with Crippen molar-refractivity contribution in [3.63, 3.8) is 0 Å². The molecule has 0 saturated carbocycles. The molecule has 8 heteroatoms. The van der Waals surface area contributed by atoms with E-state index in [2.05, 4.69) is 38.4 Å². The number of rotatable bonds is 10. The van der Waals surface area contributed by atoms with E-state index < -0.39 is 0 Å². The molecule has 1 heterocycles. The first-order valence-corrected chi connectivity index (χ1v) is 9.63. The molecule has 27 heavy (non-hydrogen) atoms. The summed E-state index contributed by atoms with van der Waals surface area (Å²) in [6.07, 6.45) is 7.96. The van der Waals surface area contributed by atoms with Gasteiger partial charge in [0.2, 0.25) is 5.69 Å². The average Bonchev–Trinajstić information content (AvgIpc) is 3.06. The molecular formula is C19H23BrN4O3. The Labute approximate surface area is 167 Å². The topological polar surface area (TPSA) is 104 Å². The van der Waals surface area contributed by atoms with Crippen LogP contribution in [0.15, 0.2) is 26.1 Å². The van der Waals surface area contributed by atoms with Gasteiger partial charge in [0, 0.05) is 6.42 Å². The number of halogens is 1. The molecule has 2 aromatic rings. The van der Waals surface area contributed by atoms with Crippen LogP contribution in [0.2, 0.25) is 0 Å². The number of oxazole rings is 1. The average molecular weight is 435 g/mol. The van der Waals surface area contributed by atoms with Crippen LogP contribution in [0.3, 0.4) is 0 Å². The Bertz CT molecular complexity index is 827. The van der Waals surface area contributed by atoms with E-state index >= 15 is 0 Å². The molecule has 0 aliphatic carbocycles. The Balaban J connectivity index is 2.00. The number of hydrogen-bond acceptors (Lipinski definition) is 7. The van der Waals surface area contributed by atoms with Gasteiger partial charge in [0.25, 0.3) is 5.88 Å². The summed E-state index contributed by atoms with van der Waals surface area (Å²) in [5, 5.41) is 23.1. The van der Waals surface area contributed by atoms with Crippen molar-refractivity contribution in [2.75, 3.05) is 12.5 Å². The van der Waals surface area contributed by atoms with Crippen LogP contribution in [0.1, 0.15) is 56.2 Å². The van der Waals surface area contributed by atoms with Gasteiger partial charge in [-0.05, 0) is 40.0 Å². The number of nitrogens with one attached hydrogen (secondary N) is 1. The highest BCUT2D eigenvalue weighted by Crippen LogP contribution is 2.34. The van der Waals surface area contributed by atoms with E-state index in [1.54, 1.807) is 12.1 Å². The summed E-state index contributed by atoms with van der Waals surface area (Å²) in [4.78, 5) is 4.20. The number of aryl methyl sites for hydroxylation is 1. The molecule has 0 aliphatic rings. The second-order valence-corrected chi connectivity index (χ2v) is 6.84. The van der Waals surface area contributed by atoms with Crippen molar-refractivity contribution < 1.29 is 14.3 Å². The van der Waals surface area contributed by atoms with E-state index in [4.69, 9.17) is 9.15 Å². The van der Waals surface area contributed by atoms with E-state index in [0.29, 0.717) is 28.1 Å². The van der Waals surface area contributed by atoms with Crippen LogP contribution in [-0.4, -0.2) is 23.4 Å². The number of phenolic OH excluding ortho intramolecular Hbond substituents is 1. The monoisotopic (exact) mass is 434 g/mol. The second-order valence-electron chi connectivity index (χ2n) is 5.98. The summed E-state index contributed by atoms with van der Waals surface area (Å²) in [7, 11) is 1.47. The van der Waals surface area contributed by atoms with Gasteiger partial charge in [-0.2, -0.15) is 10.4 Å². The minimum Gasteiger partial charge on any atom is -0.503 e. The summed E-state index contributed by atoms with van der Waals surface area (Å²) in [6.45, 7) is 2.18. The number of hydrogen-bond donors (Lipinski definition) is 2. The highest BCUT2D eigenvalue weighted by atomic mass is 79.9. The van der Waals surface area contributed by atoms with Gasteiger partial charge in [0.1, 0.15) is 6.07 Å². The second kappa shape index (κ2) is 10.6. The van der Waals surface area contributed by atoms with Crippen LogP contribution in [0.25, 0.3) is 0 Å². The largest absolute Gasteiger partial charge is 0.503 e. The predicted octanol–water partition coefficient (Wildman–Crippen LogP) is 4.98. The number of aromatic hydroxyl groups is 1. The molecule has 144 valence electrons. The molecule has 0 radical (unpaired) electrons. The molecular weight excluding hydrogens is 412 g/mol. The summed E-state index contributed by atoms with van der Waals surface area (Å²) in [5.74, 6) is 1.11. The van der Waals surface area contributed by atoms with Gasteiger partial charge >= 0.3 is 0 Å². The third kappa shape index (κ3) is 6.00. The molecule has 2 rings (SSSR count). The number of phenols is 1. The molecule has 0 spiro atoms. The van der Waals surface area contributed by atoms with Gasteiger partial charge in [0.15, 0.2) is 17.4 Å². The number of methoxy groups -OCH3 is 1. The fourth-order valence-corrected chi connectivity index (χ4v) is 2.95. The quantitative estimate of drug-likeness (QED) is 0.310. The van der Waals surface area contributed by atoms with Gasteiger partial charge < -0.3 is 14.3 Å². The van der Waals surface area contributed by atoms with Gasteiger partial charge in [0.05, 0.1) is 17.8 Å². The maximum Gasteiger partial charge on any atom is 0.252 e. The lowest BCUT2D eigenvalue weighted by Gasteiger charge is -2.06. The number of nitrogens with zero attached hydrogens (tertiary/aromatic N) is 3. The maximum absolute atomic E-state index is 9.82. The van der Waals surface area contributed by atoms with Crippen molar-refractivity contribution >= 4 is 28.0 Å². The molecule has 0 bridgehead atoms. The van der Waals surface area contributed by atoms with Crippen molar-refractivity contribution in [1.82, 2.24) is 4.98 Å². The minimum atomic E-state index is 0.0215. The summed E-state index contributed by atoms with van der Waals surface area (Å²) in [5.41, 5.74) is 3.59. The summed E-state index contributed by atoms with van der Waals surface area (Å²) < 4.78 is 11.2. The molecule has 2 N–H and O–H groups in total. The number of aromatic nitrogens is 1. The fraction of sp³-hybridized carbons (Fsp3) is 0.421. The van der Waals surface area contributed by atoms with E-state index in [1.165, 1.54) is 32.6 Å². The smallest absolute Gasteiger partial charge is 0.252 e. The van der Waals surface area contributed by atoms with Crippen LogP contribution in [0, 0.1) is 11.3 Å². The zero-order chi connectivity index (χ0) is 19.6. The number of ether oxygens (including phenoxy) is 1. The Morgan fingerprint density at radius 2 is 2.15 bits per heavy atom. The van der Waals surface area contributed by atoms with Crippen LogP contribution in [0.4, 0.5) is 5.88 Å². The lowest BCUT2D eigenvalue weighted by atomic mass is 10.1. The zero-order valence-electron chi connectivity index (χ0n) is 15.5. The molecule has 0 aliphatic heterocycles. The van der Waals surface area contributed by atoms with Crippen molar-refractivity contribution in [3.05, 3.63) is 33.8 Å². The maximum atomic E-state index is 9.82. The van der Waals surface area contributed by atoms with Crippen LogP contribution in [-0.2, 0) is 6.42 Å². The molecule has 0 saturated heterocycles. The lowest BCUT2D eigenvalue weighted by molar-refractivity contribution is 0.372. The SMILES string of the molecule is CCCCCCCc1nc(C#N)c(NN=Cc2cc(Br)c(O)c(OC)c2)o1. The standard InChI is InChI=1S/C19H23BrN4O3/c1-3-4-5-6-7-8-17-23-15(11-21)19(27-17)24-22-12-13-9-14(20)18(25)16(10-13)26-2/h9-10,12,24-25H,3-8H2,1-2H3. The number of benzene rings is 1. The molecule has 0 amide bonds. The first-order chi connectivity index (χ1) is 13.1. The number of anilines is 1. The van der Waals surface area contributed by atoms with E-state index in [1.807, 2.05) is 6.07 Å². The zero-order valence-corrected chi connectivity index (χ0v) is 17.0. The van der Waals surface area contributed by atoms with Crippen molar-refractivity contribution in [2.45, 2.75) is 45.4 Å². The van der Waals surface area contributed by atoms with E-state index in [-0.39, 0.29) is 17.3 Å². The summed E-state index contributed by atoms with van der Waals surface area (Å²) in [6, 6.07) is 5.34. The Morgan fingerprint density at radius 1 is 1.37 bits per heavy atom. The number of hydrazone groups is 1. The Morgan fingerprint density at radius 3 is 2.85 bits per heavy atom. The normalized spacial score (nSPS) is 10.9. The highest BCUT2D eigenvalue weighted by molar-refractivity contribution is 9.10. The first kappa shape index (κ1) is 20.8. The number of nitriles is 1.